The third-order valence-electron chi connectivity index (χ3n) is 6.08. The summed E-state index contributed by atoms with van der Waals surface area (Å²) in [6.45, 7) is 4.92. The van der Waals surface area contributed by atoms with E-state index in [2.05, 4.69) is 70.8 Å². The number of aromatic amines is 1. The summed E-state index contributed by atoms with van der Waals surface area (Å²) in [4.78, 5) is 21.9. The van der Waals surface area contributed by atoms with Crippen molar-refractivity contribution in [3.63, 3.8) is 0 Å². The summed E-state index contributed by atoms with van der Waals surface area (Å²) < 4.78 is 7.41. The van der Waals surface area contributed by atoms with E-state index in [1.165, 1.54) is 10.5 Å². The molecule has 0 aliphatic heterocycles. The van der Waals surface area contributed by atoms with Gasteiger partial charge in [0.1, 0.15) is 16.9 Å². The molecule has 3 aromatic heterocycles. The van der Waals surface area contributed by atoms with Crippen molar-refractivity contribution in [2.24, 2.45) is 7.05 Å². The Morgan fingerprint density at radius 2 is 1.94 bits per heavy atom. The number of aromatic nitrogens is 4. The molecule has 0 bridgehead atoms. The van der Waals surface area contributed by atoms with Gasteiger partial charge in [0.15, 0.2) is 0 Å². The Labute approximate surface area is 206 Å². The van der Waals surface area contributed by atoms with E-state index >= 15 is 0 Å². The molecule has 5 rings (SSSR count). The molecule has 2 N–H and O–H groups in total. The van der Waals surface area contributed by atoms with Crippen LogP contribution in [-0.2, 0) is 13.6 Å². The lowest BCUT2D eigenvalue weighted by atomic mass is 10.0. The Hall–Kier alpha value is -3.10. The van der Waals surface area contributed by atoms with E-state index in [0.29, 0.717) is 5.52 Å². The van der Waals surface area contributed by atoms with Crippen molar-refractivity contribution >= 4 is 51.3 Å². The van der Waals surface area contributed by atoms with Gasteiger partial charge in [-0.05, 0) is 54.6 Å². The standard InChI is InChI=1S/C26H27N5OS2/c1-5-34-29-22-12-18(21-15-30(3)26(32)24-20(21)10-11-27-24)13-23-25(22)28-16(2)31(23)14-17-6-8-19(33-4)9-7-17/h6-13,15,27,29H,5,14H2,1-4H3. The van der Waals surface area contributed by atoms with Gasteiger partial charge < -0.3 is 18.8 Å². The first-order chi connectivity index (χ1) is 16.5. The Bertz CT molecular complexity index is 1550. The van der Waals surface area contributed by atoms with Crippen LogP contribution < -0.4 is 10.3 Å². The van der Waals surface area contributed by atoms with Crippen LogP contribution in [0.1, 0.15) is 18.3 Å². The molecule has 174 valence electrons. The lowest BCUT2D eigenvalue weighted by molar-refractivity contribution is 0.785. The number of benzene rings is 2. The van der Waals surface area contributed by atoms with E-state index < -0.39 is 0 Å². The van der Waals surface area contributed by atoms with Gasteiger partial charge >= 0.3 is 0 Å². The van der Waals surface area contributed by atoms with Crippen molar-refractivity contribution in [2.45, 2.75) is 25.3 Å². The molecule has 2 aromatic carbocycles. The molecular formula is C26H27N5OS2. The number of fused-ring (bicyclic) bond motifs is 2. The van der Waals surface area contributed by atoms with Crippen LogP contribution in [0, 0.1) is 6.92 Å². The fourth-order valence-corrected chi connectivity index (χ4v) is 5.20. The minimum Gasteiger partial charge on any atom is -0.357 e. The molecule has 0 fully saturated rings. The first-order valence-electron chi connectivity index (χ1n) is 11.2. The maximum absolute atomic E-state index is 12.6. The number of hydrogen-bond acceptors (Lipinski definition) is 5. The lowest BCUT2D eigenvalue weighted by Gasteiger charge is -2.13. The van der Waals surface area contributed by atoms with Gasteiger partial charge in [0.2, 0.25) is 0 Å². The fourth-order valence-electron chi connectivity index (χ4n) is 4.33. The second-order valence-electron chi connectivity index (χ2n) is 8.25. The number of pyridine rings is 1. The molecule has 0 radical (unpaired) electrons. The molecule has 0 saturated carbocycles. The fraction of sp³-hybridized carbons (Fsp3) is 0.231. The van der Waals surface area contributed by atoms with E-state index in [-0.39, 0.29) is 5.56 Å². The highest BCUT2D eigenvalue weighted by Gasteiger charge is 2.17. The molecule has 0 spiro atoms. The number of hydrogen-bond donors (Lipinski definition) is 2. The number of rotatable bonds is 7. The van der Waals surface area contributed by atoms with E-state index in [4.69, 9.17) is 4.98 Å². The SMILES string of the molecule is CCSNc1cc(-c2cn(C)c(=O)c3[nH]ccc23)cc2c1nc(C)n2Cc1ccc(SC)cc1. The molecule has 0 unspecified atom stereocenters. The second kappa shape index (κ2) is 9.27. The molecule has 34 heavy (non-hydrogen) atoms. The summed E-state index contributed by atoms with van der Waals surface area (Å²) in [7, 11) is 1.80. The smallest absolute Gasteiger partial charge is 0.274 e. The highest BCUT2D eigenvalue weighted by Crippen LogP contribution is 2.35. The third kappa shape index (κ3) is 4.01. The number of aryl methyl sites for hydroxylation is 2. The van der Waals surface area contributed by atoms with Crippen LogP contribution in [0.5, 0.6) is 0 Å². The summed E-state index contributed by atoms with van der Waals surface area (Å²) in [5.41, 5.74) is 6.90. The van der Waals surface area contributed by atoms with Crippen molar-refractivity contribution in [1.82, 2.24) is 19.1 Å². The van der Waals surface area contributed by atoms with Crippen LogP contribution in [0.25, 0.3) is 33.1 Å². The average molecular weight is 490 g/mol. The van der Waals surface area contributed by atoms with Gasteiger partial charge in [-0.15, -0.1) is 11.8 Å². The van der Waals surface area contributed by atoms with Crippen molar-refractivity contribution in [3.8, 4) is 11.1 Å². The molecule has 0 amide bonds. The van der Waals surface area contributed by atoms with Crippen molar-refractivity contribution < 1.29 is 0 Å². The maximum Gasteiger partial charge on any atom is 0.274 e. The maximum atomic E-state index is 12.6. The van der Waals surface area contributed by atoms with Gasteiger partial charge in [-0.1, -0.05) is 31.0 Å². The molecule has 8 heteroatoms. The Balaban J connectivity index is 1.71. The van der Waals surface area contributed by atoms with Crippen LogP contribution in [-0.4, -0.2) is 31.1 Å². The number of thioether (sulfide) groups is 1. The average Bonchev–Trinajstić information content (AvgIpc) is 3.46. The highest BCUT2D eigenvalue weighted by molar-refractivity contribution is 8.00. The molecule has 0 aliphatic rings. The summed E-state index contributed by atoms with van der Waals surface area (Å²) >= 11 is 3.40. The summed E-state index contributed by atoms with van der Waals surface area (Å²) in [5.74, 6) is 1.91. The van der Waals surface area contributed by atoms with Crippen LogP contribution >= 0.6 is 23.7 Å². The highest BCUT2D eigenvalue weighted by atomic mass is 32.2. The predicted octanol–water partition coefficient (Wildman–Crippen LogP) is 6.04. The quantitative estimate of drug-likeness (QED) is 0.215. The second-order valence-corrected chi connectivity index (χ2v) is 10.2. The lowest BCUT2D eigenvalue weighted by Crippen LogP contribution is -2.16. The van der Waals surface area contributed by atoms with Gasteiger partial charge in [0.25, 0.3) is 5.56 Å². The van der Waals surface area contributed by atoms with Gasteiger partial charge in [-0.2, -0.15) is 0 Å². The molecule has 5 aromatic rings. The topological polar surface area (TPSA) is 67.6 Å². The summed E-state index contributed by atoms with van der Waals surface area (Å²) in [6.07, 6.45) is 5.84. The zero-order valence-electron chi connectivity index (χ0n) is 19.7. The minimum atomic E-state index is -0.0284. The van der Waals surface area contributed by atoms with Gasteiger partial charge in [-0.3, -0.25) is 4.79 Å². The van der Waals surface area contributed by atoms with E-state index in [1.807, 2.05) is 18.5 Å². The molecule has 0 atom stereocenters. The van der Waals surface area contributed by atoms with Crippen molar-refractivity contribution in [3.05, 3.63) is 76.6 Å². The van der Waals surface area contributed by atoms with Gasteiger partial charge in [-0.25, -0.2) is 4.98 Å². The van der Waals surface area contributed by atoms with E-state index in [9.17, 15) is 4.79 Å². The molecule has 0 aliphatic carbocycles. The zero-order valence-corrected chi connectivity index (χ0v) is 21.3. The number of nitrogens with one attached hydrogen (secondary N) is 2. The number of H-pyrrole nitrogens is 1. The molecular weight excluding hydrogens is 462 g/mol. The zero-order chi connectivity index (χ0) is 23.8. The van der Waals surface area contributed by atoms with Crippen molar-refractivity contribution in [2.75, 3.05) is 16.7 Å². The molecule has 6 nitrogen and oxygen atoms in total. The van der Waals surface area contributed by atoms with Gasteiger partial charge in [0, 0.05) is 47.6 Å². The number of nitrogens with zero attached hydrogens (tertiary/aromatic N) is 3. The molecule has 3 heterocycles. The van der Waals surface area contributed by atoms with Crippen LogP contribution in [0.2, 0.25) is 0 Å². The summed E-state index contributed by atoms with van der Waals surface area (Å²) in [6, 6.07) is 15.0. The largest absolute Gasteiger partial charge is 0.357 e. The first-order valence-corrected chi connectivity index (χ1v) is 13.4. The predicted molar refractivity (Wildman–Crippen MR) is 146 cm³/mol. The normalized spacial score (nSPS) is 11.5. The van der Waals surface area contributed by atoms with E-state index in [1.54, 1.807) is 35.3 Å². The Kier molecular flexibility index (Phi) is 6.18. The van der Waals surface area contributed by atoms with Crippen molar-refractivity contribution in [1.29, 1.82) is 0 Å². The van der Waals surface area contributed by atoms with Crippen LogP contribution in [0.3, 0.4) is 0 Å². The Morgan fingerprint density at radius 1 is 1.15 bits per heavy atom. The minimum absolute atomic E-state index is 0.0284. The van der Waals surface area contributed by atoms with Crippen LogP contribution in [0.15, 0.2) is 64.5 Å². The number of anilines is 1. The first kappa shape index (κ1) is 22.7. The molecule has 0 saturated heterocycles. The van der Waals surface area contributed by atoms with E-state index in [0.717, 1.165) is 51.4 Å². The third-order valence-corrected chi connectivity index (χ3v) is 7.47. The number of imidazole rings is 1. The Morgan fingerprint density at radius 3 is 2.68 bits per heavy atom. The summed E-state index contributed by atoms with van der Waals surface area (Å²) in [5, 5.41) is 0.923. The van der Waals surface area contributed by atoms with Crippen LogP contribution in [0.4, 0.5) is 5.69 Å². The van der Waals surface area contributed by atoms with Gasteiger partial charge in [0.05, 0.1) is 11.2 Å². The monoisotopic (exact) mass is 489 g/mol.